The molecule has 126 valence electrons. The number of fused-ring (bicyclic) bond motifs is 1. The predicted octanol–water partition coefficient (Wildman–Crippen LogP) is 1.41. The molecule has 0 amide bonds. The monoisotopic (exact) mass is 359 g/mol. The fourth-order valence-electron chi connectivity index (χ4n) is 3.66. The second-order valence-corrected chi connectivity index (χ2v) is 8.78. The van der Waals surface area contributed by atoms with E-state index in [0.717, 1.165) is 17.8 Å². The number of sulfonamides is 1. The number of rotatable bonds is 4. The number of hydrogen-bond donors (Lipinski definition) is 1. The van der Waals surface area contributed by atoms with Crippen molar-refractivity contribution >= 4 is 33.3 Å². The van der Waals surface area contributed by atoms with Crippen LogP contribution in [0, 0.1) is 11.3 Å². The van der Waals surface area contributed by atoms with Crippen LogP contribution >= 0.6 is 11.3 Å². The van der Waals surface area contributed by atoms with Crippen molar-refractivity contribution in [2.75, 3.05) is 20.2 Å². The van der Waals surface area contributed by atoms with E-state index in [-0.39, 0.29) is 28.8 Å². The molecule has 3 rings (SSSR count). The van der Waals surface area contributed by atoms with Gasteiger partial charge in [-0.2, -0.15) is 4.31 Å². The van der Waals surface area contributed by atoms with Crippen molar-refractivity contribution < 1.29 is 27.9 Å². The number of thiophene rings is 1. The minimum atomic E-state index is -3.92. The zero-order valence-corrected chi connectivity index (χ0v) is 14.2. The quantitative estimate of drug-likeness (QED) is 0.816. The van der Waals surface area contributed by atoms with E-state index in [9.17, 15) is 23.1 Å². The number of ether oxygens (including phenoxy) is 1. The van der Waals surface area contributed by atoms with Crippen LogP contribution in [-0.4, -0.2) is 50.0 Å². The second-order valence-electron chi connectivity index (χ2n) is 5.95. The first kappa shape index (κ1) is 16.4. The van der Waals surface area contributed by atoms with Crippen molar-refractivity contribution in [2.24, 2.45) is 11.3 Å². The molecule has 0 unspecified atom stereocenters. The van der Waals surface area contributed by atoms with Crippen LogP contribution in [0.2, 0.25) is 0 Å². The van der Waals surface area contributed by atoms with Gasteiger partial charge in [-0.1, -0.05) is 6.42 Å². The molecule has 1 aromatic rings. The summed E-state index contributed by atoms with van der Waals surface area (Å²) in [6.07, 6.45) is 2.01. The van der Waals surface area contributed by atoms with Gasteiger partial charge in [0.15, 0.2) is 0 Å². The molecule has 0 bridgehead atoms. The molecule has 9 heteroatoms. The third-order valence-electron chi connectivity index (χ3n) is 4.88. The summed E-state index contributed by atoms with van der Waals surface area (Å²) in [6, 6.07) is 1.37. The van der Waals surface area contributed by atoms with E-state index >= 15 is 0 Å². The van der Waals surface area contributed by atoms with Gasteiger partial charge in [0.25, 0.3) is 0 Å². The van der Waals surface area contributed by atoms with E-state index in [0.29, 0.717) is 12.8 Å². The molecule has 0 spiro atoms. The Kier molecular flexibility index (Phi) is 3.97. The Balaban J connectivity index is 1.95. The van der Waals surface area contributed by atoms with Crippen LogP contribution < -0.4 is 0 Å². The normalized spacial score (nSPS) is 27.8. The molecule has 23 heavy (non-hydrogen) atoms. The summed E-state index contributed by atoms with van der Waals surface area (Å²) in [5, 5.41) is 11.1. The molecule has 1 N–H and O–H groups in total. The van der Waals surface area contributed by atoms with E-state index < -0.39 is 27.4 Å². The Hall–Kier alpha value is -1.45. The molecule has 1 saturated carbocycles. The molecule has 1 aliphatic heterocycles. The van der Waals surface area contributed by atoms with E-state index in [2.05, 4.69) is 4.74 Å². The van der Waals surface area contributed by atoms with Crippen LogP contribution in [0.25, 0.3) is 0 Å². The van der Waals surface area contributed by atoms with E-state index in [1.165, 1.54) is 22.9 Å². The Morgan fingerprint density at radius 1 is 1.48 bits per heavy atom. The van der Waals surface area contributed by atoms with Crippen LogP contribution in [0.3, 0.4) is 0 Å². The lowest BCUT2D eigenvalue weighted by Crippen LogP contribution is -2.37. The SMILES string of the molecule is COC(=O)c1sccc1S(=O)(=O)N1C[C@@H]2CCC[C@@]2(C(=O)O)C1. The largest absolute Gasteiger partial charge is 0.481 e. The van der Waals surface area contributed by atoms with E-state index in [1.807, 2.05) is 0 Å². The molecule has 0 aromatic carbocycles. The van der Waals surface area contributed by atoms with E-state index in [4.69, 9.17) is 0 Å². The zero-order valence-electron chi connectivity index (χ0n) is 12.5. The van der Waals surface area contributed by atoms with Gasteiger partial charge in [-0.05, 0) is 30.2 Å². The number of carbonyl (C=O) groups excluding carboxylic acids is 1. The van der Waals surface area contributed by atoms with Crippen molar-refractivity contribution in [3.63, 3.8) is 0 Å². The maximum Gasteiger partial charge on any atom is 0.349 e. The number of aliphatic carboxylic acids is 1. The van der Waals surface area contributed by atoms with E-state index in [1.54, 1.807) is 0 Å². The van der Waals surface area contributed by atoms with Gasteiger partial charge in [0, 0.05) is 13.1 Å². The molecule has 7 nitrogen and oxygen atoms in total. The first-order valence-corrected chi connectivity index (χ1v) is 9.54. The van der Waals surface area contributed by atoms with Crippen LogP contribution in [0.1, 0.15) is 28.9 Å². The fraction of sp³-hybridized carbons (Fsp3) is 0.571. The van der Waals surface area contributed by atoms with Crippen molar-refractivity contribution in [3.05, 3.63) is 16.3 Å². The Morgan fingerprint density at radius 3 is 2.83 bits per heavy atom. The lowest BCUT2D eigenvalue weighted by Gasteiger charge is -2.23. The van der Waals surface area contributed by atoms with Crippen molar-refractivity contribution in [1.82, 2.24) is 4.31 Å². The fourth-order valence-corrected chi connectivity index (χ4v) is 6.52. The summed E-state index contributed by atoms with van der Waals surface area (Å²) in [5.74, 6) is -1.81. The van der Waals surface area contributed by atoms with Crippen LogP contribution in [-0.2, 0) is 19.6 Å². The average molecular weight is 359 g/mol. The Bertz CT molecular complexity index is 755. The standard InChI is InChI=1S/C14H17NO6S2/c1-21-12(16)11-10(4-6-22-11)23(19,20)15-7-9-3-2-5-14(9,8-15)13(17)18/h4,6,9H,2-3,5,7-8H2,1H3,(H,17,18)/t9-,14+/m0/s1. The van der Waals surface area contributed by atoms with Crippen LogP contribution in [0.4, 0.5) is 0 Å². The third-order valence-corrected chi connectivity index (χ3v) is 7.76. The van der Waals surface area contributed by atoms with Gasteiger partial charge in [0.2, 0.25) is 10.0 Å². The first-order valence-electron chi connectivity index (χ1n) is 7.22. The topological polar surface area (TPSA) is 101 Å². The minimum absolute atomic E-state index is 0.0222. The summed E-state index contributed by atoms with van der Waals surface area (Å²) >= 11 is 0.998. The predicted molar refractivity (Wildman–Crippen MR) is 81.8 cm³/mol. The molecule has 1 aliphatic carbocycles. The summed E-state index contributed by atoms with van der Waals surface area (Å²) in [5.41, 5.74) is -0.992. The molecule has 2 aliphatic rings. The maximum atomic E-state index is 12.9. The highest BCUT2D eigenvalue weighted by molar-refractivity contribution is 7.89. The molecule has 1 aromatic heterocycles. The van der Waals surface area contributed by atoms with Crippen LogP contribution in [0.5, 0.6) is 0 Å². The highest BCUT2D eigenvalue weighted by atomic mass is 32.2. The summed E-state index contributed by atoms with van der Waals surface area (Å²) in [6.45, 7) is 0.150. The lowest BCUT2D eigenvalue weighted by atomic mass is 9.81. The van der Waals surface area contributed by atoms with Gasteiger partial charge in [0.1, 0.15) is 9.77 Å². The first-order chi connectivity index (χ1) is 10.8. The van der Waals surface area contributed by atoms with Crippen LogP contribution in [0.15, 0.2) is 16.3 Å². The number of nitrogens with zero attached hydrogens (tertiary/aromatic N) is 1. The van der Waals surface area contributed by atoms with Gasteiger partial charge in [-0.3, -0.25) is 4.79 Å². The summed E-state index contributed by atoms with van der Waals surface area (Å²) < 4.78 is 31.6. The minimum Gasteiger partial charge on any atom is -0.481 e. The number of carboxylic acid groups (broad SMARTS) is 1. The Morgan fingerprint density at radius 2 is 2.22 bits per heavy atom. The Labute approximate surface area is 137 Å². The van der Waals surface area contributed by atoms with Gasteiger partial charge < -0.3 is 9.84 Å². The summed E-state index contributed by atoms with van der Waals surface area (Å²) in [7, 11) is -2.72. The smallest absolute Gasteiger partial charge is 0.349 e. The van der Waals surface area contributed by atoms with Gasteiger partial charge in [-0.25, -0.2) is 13.2 Å². The molecule has 2 fully saturated rings. The molecule has 2 atom stereocenters. The number of methoxy groups -OCH3 is 1. The van der Waals surface area contributed by atoms with Gasteiger partial charge in [-0.15, -0.1) is 11.3 Å². The number of hydrogen-bond acceptors (Lipinski definition) is 6. The molecule has 0 radical (unpaired) electrons. The number of carbonyl (C=O) groups is 2. The molecular weight excluding hydrogens is 342 g/mol. The molecular formula is C14H17NO6S2. The third kappa shape index (κ3) is 2.38. The molecule has 1 saturated heterocycles. The highest BCUT2D eigenvalue weighted by Gasteiger charge is 2.57. The number of esters is 1. The lowest BCUT2D eigenvalue weighted by molar-refractivity contribution is -0.149. The maximum absolute atomic E-state index is 12.9. The van der Waals surface area contributed by atoms with Crippen molar-refractivity contribution in [1.29, 1.82) is 0 Å². The zero-order chi connectivity index (χ0) is 16.8. The van der Waals surface area contributed by atoms with Crippen molar-refractivity contribution in [3.8, 4) is 0 Å². The van der Waals surface area contributed by atoms with Gasteiger partial charge in [0.05, 0.1) is 12.5 Å². The number of carboxylic acids is 1. The van der Waals surface area contributed by atoms with Crippen molar-refractivity contribution in [2.45, 2.75) is 24.2 Å². The second kappa shape index (κ2) is 5.57. The van der Waals surface area contributed by atoms with Gasteiger partial charge >= 0.3 is 11.9 Å². The summed E-state index contributed by atoms with van der Waals surface area (Å²) in [4.78, 5) is 23.3. The highest BCUT2D eigenvalue weighted by Crippen LogP contribution is 2.50. The average Bonchev–Trinajstić information content (AvgIpc) is 3.19. The molecule has 2 heterocycles.